The van der Waals surface area contributed by atoms with Crippen LogP contribution in [0.1, 0.15) is 150 Å². The fraction of sp³-hybridized carbons (Fsp3) is 0.758. The van der Waals surface area contributed by atoms with Gasteiger partial charge in [0.1, 0.15) is 5.60 Å². The van der Waals surface area contributed by atoms with Crippen molar-refractivity contribution < 1.29 is 23.9 Å². The number of esters is 1. The number of carbonyl (C=O) groups excluding carboxylic acids is 2. The SMILES string of the molecule is CCCCCCCCc1ccc(C(=O)OC(C)(C)C)c(C(=O)ON2CCOC[C@@H]2C)c1CCCCCCCC. The van der Waals surface area contributed by atoms with Gasteiger partial charge >= 0.3 is 11.9 Å². The summed E-state index contributed by atoms with van der Waals surface area (Å²) in [5.41, 5.74) is 2.17. The Bertz CT molecular complexity index is 876. The number of unbranched alkanes of at least 4 members (excludes halogenated alkanes) is 10. The highest BCUT2D eigenvalue weighted by Crippen LogP contribution is 2.28. The van der Waals surface area contributed by atoms with Gasteiger partial charge in [-0.1, -0.05) is 84.1 Å². The summed E-state index contributed by atoms with van der Waals surface area (Å²) in [6.07, 6.45) is 15.9. The minimum atomic E-state index is -0.659. The number of hydrogen-bond acceptors (Lipinski definition) is 6. The molecule has 6 nitrogen and oxygen atoms in total. The summed E-state index contributed by atoms with van der Waals surface area (Å²) in [5.74, 6) is -0.935. The summed E-state index contributed by atoms with van der Waals surface area (Å²) in [5, 5.41) is 1.69. The lowest BCUT2D eigenvalue weighted by Gasteiger charge is -2.31. The Hall–Kier alpha value is -1.92. The first-order chi connectivity index (χ1) is 18.7. The molecule has 222 valence electrons. The first-order valence-electron chi connectivity index (χ1n) is 15.6. The van der Waals surface area contributed by atoms with E-state index >= 15 is 0 Å². The van der Waals surface area contributed by atoms with E-state index < -0.39 is 17.5 Å². The van der Waals surface area contributed by atoms with E-state index in [1.54, 1.807) is 11.1 Å². The van der Waals surface area contributed by atoms with Crippen LogP contribution in [0.15, 0.2) is 12.1 Å². The highest BCUT2D eigenvalue weighted by Gasteiger charge is 2.31. The third-order valence-electron chi connectivity index (χ3n) is 7.32. The molecule has 1 fully saturated rings. The number of aryl methyl sites for hydroxylation is 1. The van der Waals surface area contributed by atoms with Crippen LogP contribution in [0.3, 0.4) is 0 Å². The summed E-state index contributed by atoms with van der Waals surface area (Å²) in [4.78, 5) is 33.1. The molecule has 0 N–H and O–H groups in total. The fourth-order valence-corrected chi connectivity index (χ4v) is 5.12. The molecule has 0 spiro atoms. The van der Waals surface area contributed by atoms with Crippen LogP contribution in [0.2, 0.25) is 0 Å². The van der Waals surface area contributed by atoms with Gasteiger partial charge in [-0.05, 0) is 70.6 Å². The average molecular weight is 546 g/mol. The highest BCUT2D eigenvalue weighted by molar-refractivity contribution is 6.04. The van der Waals surface area contributed by atoms with Gasteiger partial charge in [0.05, 0.1) is 36.9 Å². The number of benzene rings is 1. The normalized spacial score (nSPS) is 16.3. The van der Waals surface area contributed by atoms with Crippen molar-refractivity contribution in [2.75, 3.05) is 19.8 Å². The molecule has 1 aromatic rings. The predicted molar refractivity (Wildman–Crippen MR) is 158 cm³/mol. The van der Waals surface area contributed by atoms with Crippen LogP contribution in [-0.4, -0.2) is 48.4 Å². The van der Waals surface area contributed by atoms with Gasteiger partial charge in [0.25, 0.3) is 0 Å². The molecule has 1 aromatic carbocycles. The number of nitrogens with zero attached hydrogens (tertiary/aromatic N) is 1. The smallest absolute Gasteiger partial charge is 0.358 e. The van der Waals surface area contributed by atoms with E-state index in [-0.39, 0.29) is 6.04 Å². The van der Waals surface area contributed by atoms with E-state index in [0.29, 0.717) is 30.9 Å². The molecule has 1 aliphatic rings. The van der Waals surface area contributed by atoms with Crippen molar-refractivity contribution in [2.45, 2.75) is 143 Å². The number of carbonyl (C=O) groups is 2. The van der Waals surface area contributed by atoms with Gasteiger partial charge in [0.15, 0.2) is 0 Å². The van der Waals surface area contributed by atoms with Crippen LogP contribution in [0.25, 0.3) is 0 Å². The predicted octanol–water partition coefficient (Wildman–Crippen LogP) is 8.24. The van der Waals surface area contributed by atoms with Gasteiger partial charge in [-0.15, -0.1) is 5.06 Å². The van der Waals surface area contributed by atoms with Crippen LogP contribution >= 0.6 is 0 Å². The lowest BCUT2D eigenvalue weighted by Crippen LogP contribution is -2.44. The molecule has 0 unspecified atom stereocenters. The summed E-state index contributed by atoms with van der Waals surface area (Å²) in [6, 6.07) is 3.79. The minimum Gasteiger partial charge on any atom is -0.456 e. The number of hydrogen-bond donors (Lipinski definition) is 0. The summed E-state index contributed by atoms with van der Waals surface area (Å²) >= 11 is 0. The fourth-order valence-electron chi connectivity index (χ4n) is 5.12. The molecule has 39 heavy (non-hydrogen) atoms. The molecule has 1 atom stereocenters. The third-order valence-corrected chi connectivity index (χ3v) is 7.32. The van der Waals surface area contributed by atoms with Gasteiger partial charge in [-0.3, -0.25) is 0 Å². The lowest BCUT2D eigenvalue weighted by molar-refractivity contribution is -0.179. The Morgan fingerprint density at radius 2 is 1.46 bits per heavy atom. The van der Waals surface area contributed by atoms with Crippen molar-refractivity contribution in [3.8, 4) is 0 Å². The monoisotopic (exact) mass is 545 g/mol. The molecule has 0 bridgehead atoms. The third kappa shape index (κ3) is 12.0. The van der Waals surface area contributed by atoms with E-state index in [2.05, 4.69) is 13.8 Å². The second kappa shape index (κ2) is 17.7. The van der Waals surface area contributed by atoms with E-state index in [0.717, 1.165) is 43.2 Å². The molecular weight excluding hydrogens is 490 g/mol. The molecule has 0 amide bonds. The number of hydroxylamine groups is 2. The molecule has 2 rings (SSSR count). The van der Waals surface area contributed by atoms with Gasteiger partial charge in [0.2, 0.25) is 0 Å². The maximum absolute atomic E-state index is 13.8. The number of morpholine rings is 1. The van der Waals surface area contributed by atoms with Crippen LogP contribution in [0, 0.1) is 0 Å². The number of ether oxygens (including phenoxy) is 2. The first kappa shape index (κ1) is 33.3. The zero-order valence-electron chi connectivity index (χ0n) is 25.7. The quantitative estimate of drug-likeness (QED) is 0.145. The van der Waals surface area contributed by atoms with E-state index in [1.807, 2.05) is 33.8 Å². The highest BCUT2D eigenvalue weighted by atomic mass is 16.7. The molecule has 0 aromatic heterocycles. The van der Waals surface area contributed by atoms with Crippen molar-refractivity contribution in [3.05, 3.63) is 34.4 Å². The zero-order valence-corrected chi connectivity index (χ0v) is 25.7. The molecule has 1 aliphatic heterocycles. The molecule has 0 saturated carbocycles. The van der Waals surface area contributed by atoms with Crippen molar-refractivity contribution in [2.24, 2.45) is 0 Å². The average Bonchev–Trinajstić information content (AvgIpc) is 2.88. The molecule has 0 radical (unpaired) electrons. The molecular formula is C33H55NO5. The molecule has 1 heterocycles. The van der Waals surface area contributed by atoms with Gasteiger partial charge < -0.3 is 14.3 Å². The minimum absolute atomic E-state index is 0.0407. The maximum atomic E-state index is 13.8. The van der Waals surface area contributed by atoms with Crippen LogP contribution in [-0.2, 0) is 27.2 Å². The van der Waals surface area contributed by atoms with Gasteiger partial charge in [-0.2, -0.15) is 0 Å². The second-order valence-corrected chi connectivity index (χ2v) is 12.1. The largest absolute Gasteiger partial charge is 0.456 e. The standard InChI is InChI=1S/C33H55NO5/c1-7-9-11-13-15-17-19-27-21-22-29(31(35)38-33(4,5)6)30(28(27)20-18-16-14-12-10-8-2)32(36)39-34-23-24-37-25-26(34)3/h21-22,26H,7-20,23-25H2,1-6H3/t26-/m0/s1. The second-order valence-electron chi connectivity index (χ2n) is 12.1. The summed E-state index contributed by atoms with van der Waals surface area (Å²) in [7, 11) is 0. The zero-order chi connectivity index (χ0) is 28.7. The Balaban J connectivity index is 2.37. The Labute approximate surface area is 238 Å². The van der Waals surface area contributed by atoms with Gasteiger partial charge in [0, 0.05) is 0 Å². The van der Waals surface area contributed by atoms with Crippen molar-refractivity contribution in [1.82, 2.24) is 5.06 Å². The maximum Gasteiger partial charge on any atom is 0.358 e. The Morgan fingerprint density at radius 3 is 2.05 bits per heavy atom. The molecule has 1 saturated heterocycles. The Kier molecular flexibility index (Phi) is 15.1. The summed E-state index contributed by atoms with van der Waals surface area (Å²) < 4.78 is 11.3. The van der Waals surface area contributed by atoms with E-state index in [9.17, 15) is 9.59 Å². The lowest BCUT2D eigenvalue weighted by atomic mass is 9.89. The van der Waals surface area contributed by atoms with Crippen molar-refractivity contribution >= 4 is 11.9 Å². The first-order valence-corrected chi connectivity index (χ1v) is 15.6. The van der Waals surface area contributed by atoms with E-state index in [4.69, 9.17) is 14.3 Å². The van der Waals surface area contributed by atoms with Crippen LogP contribution in [0.4, 0.5) is 0 Å². The topological polar surface area (TPSA) is 65.1 Å². The number of rotatable bonds is 17. The van der Waals surface area contributed by atoms with Gasteiger partial charge in [-0.25, -0.2) is 9.59 Å². The molecule has 6 heteroatoms. The van der Waals surface area contributed by atoms with E-state index in [1.165, 1.54) is 57.8 Å². The van der Waals surface area contributed by atoms with Crippen molar-refractivity contribution in [3.63, 3.8) is 0 Å². The molecule has 0 aliphatic carbocycles. The Morgan fingerprint density at radius 1 is 0.872 bits per heavy atom. The van der Waals surface area contributed by atoms with Crippen LogP contribution in [0.5, 0.6) is 0 Å². The summed E-state index contributed by atoms with van der Waals surface area (Å²) in [6.45, 7) is 13.5. The van der Waals surface area contributed by atoms with Crippen molar-refractivity contribution in [1.29, 1.82) is 0 Å². The van der Waals surface area contributed by atoms with Crippen LogP contribution < -0.4 is 0 Å².